The third-order valence-electron chi connectivity index (χ3n) is 5.79. The first-order valence-corrected chi connectivity index (χ1v) is 11.3. The Morgan fingerprint density at radius 3 is 2.00 bits per heavy atom. The van der Waals surface area contributed by atoms with Crippen molar-refractivity contribution >= 4 is 17.6 Å². The van der Waals surface area contributed by atoms with Crippen molar-refractivity contribution in [2.75, 3.05) is 4.90 Å². The van der Waals surface area contributed by atoms with Crippen LogP contribution in [0.5, 0.6) is 0 Å². The van der Waals surface area contributed by atoms with E-state index in [1.807, 2.05) is 29.2 Å². The molecule has 0 aliphatic carbocycles. The van der Waals surface area contributed by atoms with Crippen LogP contribution in [0.2, 0.25) is 0 Å². The van der Waals surface area contributed by atoms with Gasteiger partial charge in [0.2, 0.25) is 5.96 Å². The minimum Gasteiger partial charge on any atom is -0.335 e. The first-order chi connectivity index (χ1) is 15.4. The minimum absolute atomic E-state index is 0.0348. The van der Waals surface area contributed by atoms with Crippen LogP contribution in [0.15, 0.2) is 83.9 Å². The number of rotatable bonds is 6. The Balaban J connectivity index is 1.75. The van der Waals surface area contributed by atoms with Gasteiger partial charge in [0.25, 0.3) is 5.91 Å². The van der Waals surface area contributed by atoms with Crippen molar-refractivity contribution < 1.29 is 4.79 Å². The van der Waals surface area contributed by atoms with Gasteiger partial charge in [-0.2, -0.15) is 0 Å². The second kappa shape index (κ2) is 9.39. The monoisotopic (exact) mass is 425 g/mol. The van der Waals surface area contributed by atoms with Gasteiger partial charge < -0.3 is 4.90 Å². The standard InChI is InChI=1S/C28H31N3O/c1-20(2)30(19-24-13-9-6-10-14-24)28-29-26(18-23-11-7-5-8-12-23)27(32)31(28)25-16-21(3)15-22(4)17-25/h5-17,20,26H,18-19H2,1-4H3. The van der Waals surface area contributed by atoms with Crippen LogP contribution in [0.4, 0.5) is 5.69 Å². The van der Waals surface area contributed by atoms with Gasteiger partial charge in [-0.25, -0.2) is 9.89 Å². The summed E-state index contributed by atoms with van der Waals surface area (Å²) in [5, 5.41) is 0. The Kier molecular flexibility index (Phi) is 6.40. The average Bonchev–Trinajstić information content (AvgIpc) is 3.08. The molecule has 0 spiro atoms. The largest absolute Gasteiger partial charge is 0.335 e. The number of carbonyl (C=O) groups excluding carboxylic acids is 1. The maximum atomic E-state index is 13.7. The van der Waals surface area contributed by atoms with E-state index in [-0.39, 0.29) is 11.9 Å². The zero-order valence-corrected chi connectivity index (χ0v) is 19.3. The van der Waals surface area contributed by atoms with E-state index in [4.69, 9.17) is 4.99 Å². The van der Waals surface area contributed by atoms with Crippen molar-refractivity contribution in [2.45, 2.75) is 52.7 Å². The number of anilines is 1. The number of guanidine groups is 1. The van der Waals surface area contributed by atoms with Crippen LogP contribution in [0.1, 0.15) is 36.1 Å². The van der Waals surface area contributed by atoms with Crippen LogP contribution in [-0.2, 0) is 17.8 Å². The molecule has 32 heavy (non-hydrogen) atoms. The van der Waals surface area contributed by atoms with E-state index in [1.165, 1.54) is 5.56 Å². The molecule has 1 heterocycles. The minimum atomic E-state index is -0.426. The van der Waals surface area contributed by atoms with Crippen LogP contribution in [0, 0.1) is 13.8 Å². The quantitative estimate of drug-likeness (QED) is 0.521. The Morgan fingerprint density at radius 2 is 1.44 bits per heavy atom. The van der Waals surface area contributed by atoms with E-state index in [9.17, 15) is 4.79 Å². The van der Waals surface area contributed by atoms with Crippen molar-refractivity contribution in [3.05, 3.63) is 101 Å². The average molecular weight is 426 g/mol. The molecule has 4 heteroatoms. The summed E-state index contributed by atoms with van der Waals surface area (Å²) in [4.78, 5) is 22.8. The molecule has 3 aromatic rings. The summed E-state index contributed by atoms with van der Waals surface area (Å²) in [6, 6.07) is 26.6. The number of benzene rings is 3. The van der Waals surface area contributed by atoms with Crippen molar-refractivity contribution in [2.24, 2.45) is 4.99 Å². The third-order valence-corrected chi connectivity index (χ3v) is 5.79. The summed E-state index contributed by atoms with van der Waals surface area (Å²) >= 11 is 0. The number of amides is 1. The molecule has 1 aliphatic rings. The molecule has 3 aromatic carbocycles. The lowest BCUT2D eigenvalue weighted by atomic mass is 10.1. The fourth-order valence-corrected chi connectivity index (χ4v) is 4.26. The van der Waals surface area contributed by atoms with Crippen molar-refractivity contribution in [3.63, 3.8) is 0 Å². The van der Waals surface area contributed by atoms with E-state index in [0.29, 0.717) is 13.0 Å². The lowest BCUT2D eigenvalue weighted by Crippen LogP contribution is -2.47. The highest BCUT2D eigenvalue weighted by molar-refractivity contribution is 6.22. The van der Waals surface area contributed by atoms with Gasteiger partial charge in [-0.1, -0.05) is 66.7 Å². The third kappa shape index (κ3) is 4.75. The van der Waals surface area contributed by atoms with E-state index in [2.05, 4.69) is 87.2 Å². The molecule has 1 amide bonds. The highest BCUT2D eigenvalue weighted by Gasteiger charge is 2.39. The Morgan fingerprint density at radius 1 is 0.875 bits per heavy atom. The van der Waals surface area contributed by atoms with Crippen LogP contribution >= 0.6 is 0 Å². The maximum Gasteiger partial charge on any atom is 0.259 e. The lowest BCUT2D eigenvalue weighted by molar-refractivity contribution is -0.118. The second-order valence-corrected chi connectivity index (χ2v) is 8.86. The molecule has 0 saturated heterocycles. The predicted octanol–water partition coefficient (Wildman–Crippen LogP) is 5.53. The molecule has 4 rings (SSSR count). The van der Waals surface area contributed by atoms with Gasteiger partial charge in [-0.05, 0) is 62.1 Å². The summed E-state index contributed by atoms with van der Waals surface area (Å²) < 4.78 is 0. The van der Waals surface area contributed by atoms with Gasteiger partial charge >= 0.3 is 0 Å². The van der Waals surface area contributed by atoms with Gasteiger partial charge in [0.15, 0.2) is 0 Å². The van der Waals surface area contributed by atoms with E-state index >= 15 is 0 Å². The molecule has 0 radical (unpaired) electrons. The highest BCUT2D eigenvalue weighted by atomic mass is 16.2. The first kappa shape index (κ1) is 21.8. The van der Waals surface area contributed by atoms with Gasteiger partial charge in [0.05, 0.1) is 5.69 Å². The summed E-state index contributed by atoms with van der Waals surface area (Å²) in [5.41, 5.74) is 5.48. The molecule has 1 atom stereocenters. The number of carbonyl (C=O) groups is 1. The number of aliphatic imine (C=N–C) groups is 1. The molecule has 1 unspecified atom stereocenters. The van der Waals surface area contributed by atoms with Crippen LogP contribution in [0.25, 0.3) is 0 Å². The topological polar surface area (TPSA) is 35.9 Å². The zero-order chi connectivity index (χ0) is 22.7. The second-order valence-electron chi connectivity index (χ2n) is 8.86. The number of hydrogen-bond acceptors (Lipinski definition) is 3. The summed E-state index contributed by atoms with van der Waals surface area (Å²) in [5.74, 6) is 0.771. The molecule has 0 aromatic heterocycles. The van der Waals surface area contributed by atoms with Crippen molar-refractivity contribution in [3.8, 4) is 0 Å². The molecular weight excluding hydrogens is 394 g/mol. The summed E-state index contributed by atoms with van der Waals surface area (Å²) in [6.07, 6.45) is 0.599. The Bertz CT molecular complexity index is 1090. The van der Waals surface area contributed by atoms with E-state index in [0.717, 1.165) is 28.3 Å². The molecule has 1 aliphatic heterocycles. The lowest BCUT2D eigenvalue weighted by Gasteiger charge is -2.33. The smallest absolute Gasteiger partial charge is 0.259 e. The summed E-state index contributed by atoms with van der Waals surface area (Å²) in [7, 11) is 0. The molecule has 0 bridgehead atoms. The molecule has 0 saturated carbocycles. The fourth-order valence-electron chi connectivity index (χ4n) is 4.26. The maximum absolute atomic E-state index is 13.7. The fraction of sp³-hybridized carbons (Fsp3) is 0.286. The normalized spacial score (nSPS) is 15.9. The van der Waals surface area contributed by atoms with Gasteiger partial charge in [0.1, 0.15) is 6.04 Å². The number of hydrogen-bond donors (Lipinski definition) is 0. The van der Waals surface area contributed by atoms with Crippen LogP contribution in [-0.4, -0.2) is 28.9 Å². The molecule has 0 fully saturated rings. The SMILES string of the molecule is Cc1cc(C)cc(N2C(=O)C(Cc3ccccc3)N=C2N(Cc2ccccc2)C(C)C)c1. The molecule has 164 valence electrons. The van der Waals surface area contributed by atoms with Gasteiger partial charge in [0, 0.05) is 19.0 Å². The van der Waals surface area contributed by atoms with Gasteiger partial charge in [-0.3, -0.25) is 4.79 Å². The number of nitrogens with zero attached hydrogens (tertiary/aromatic N) is 3. The first-order valence-electron chi connectivity index (χ1n) is 11.3. The number of aryl methyl sites for hydroxylation is 2. The Hall–Kier alpha value is -3.40. The summed E-state index contributed by atoms with van der Waals surface area (Å²) in [6.45, 7) is 9.14. The Labute approximate surface area is 191 Å². The van der Waals surface area contributed by atoms with Crippen molar-refractivity contribution in [1.82, 2.24) is 4.90 Å². The molecule has 4 nitrogen and oxygen atoms in total. The van der Waals surface area contributed by atoms with E-state index in [1.54, 1.807) is 0 Å². The van der Waals surface area contributed by atoms with Gasteiger partial charge in [-0.15, -0.1) is 0 Å². The van der Waals surface area contributed by atoms with E-state index < -0.39 is 6.04 Å². The van der Waals surface area contributed by atoms with Crippen molar-refractivity contribution in [1.29, 1.82) is 0 Å². The highest BCUT2D eigenvalue weighted by Crippen LogP contribution is 2.28. The predicted molar refractivity (Wildman–Crippen MR) is 132 cm³/mol. The van der Waals surface area contributed by atoms with Crippen LogP contribution in [0.3, 0.4) is 0 Å². The molecular formula is C28H31N3O. The zero-order valence-electron chi connectivity index (χ0n) is 19.3. The van der Waals surface area contributed by atoms with Crippen LogP contribution < -0.4 is 4.90 Å². The molecule has 0 N–H and O–H groups in total.